The number of carbonyl (C=O) groups is 2. The molecule has 0 saturated carbocycles. The number of esters is 1. The van der Waals surface area contributed by atoms with Gasteiger partial charge in [0.15, 0.2) is 0 Å². The van der Waals surface area contributed by atoms with Crippen LogP contribution in [-0.4, -0.2) is 45.5 Å². The van der Waals surface area contributed by atoms with Crippen LogP contribution in [0.1, 0.15) is 35.8 Å². The molecule has 0 spiro atoms. The molecule has 0 fully saturated rings. The van der Waals surface area contributed by atoms with Crippen LogP contribution in [0.3, 0.4) is 0 Å². The van der Waals surface area contributed by atoms with Crippen LogP contribution in [0.2, 0.25) is 5.02 Å². The van der Waals surface area contributed by atoms with Gasteiger partial charge in [-0.05, 0) is 25.5 Å². The van der Waals surface area contributed by atoms with Crippen molar-refractivity contribution in [2.24, 2.45) is 7.05 Å². The molecule has 14 heteroatoms. The fourth-order valence-electron chi connectivity index (χ4n) is 3.00. The molecule has 2 aromatic rings. The number of halogens is 5. The summed E-state index contributed by atoms with van der Waals surface area (Å²) in [4.78, 5) is 49.1. The summed E-state index contributed by atoms with van der Waals surface area (Å²) in [6, 6.07) is 1.25. The molecule has 34 heavy (non-hydrogen) atoms. The summed E-state index contributed by atoms with van der Waals surface area (Å²) < 4.78 is 63.9. The van der Waals surface area contributed by atoms with E-state index >= 15 is 0 Å². The lowest BCUT2D eigenvalue weighted by molar-refractivity contribution is -0.158. The molecule has 0 radical (unpaired) electrons. The minimum absolute atomic E-state index is 0.0761. The Bertz CT molecular complexity index is 1240. The van der Waals surface area contributed by atoms with E-state index in [1.54, 1.807) is 0 Å². The normalized spacial score (nSPS) is 13.4. The number of rotatable bonds is 8. The highest BCUT2D eigenvalue weighted by atomic mass is 35.5. The Morgan fingerprint density at radius 3 is 2.32 bits per heavy atom. The van der Waals surface area contributed by atoms with Crippen molar-refractivity contribution in [2.45, 2.75) is 31.5 Å². The second-order valence-electron chi connectivity index (χ2n) is 7.35. The van der Waals surface area contributed by atoms with E-state index in [1.807, 2.05) is 0 Å². The zero-order valence-electron chi connectivity index (χ0n) is 18.0. The van der Waals surface area contributed by atoms with Crippen LogP contribution < -0.4 is 11.2 Å². The first-order valence-electron chi connectivity index (χ1n) is 9.49. The Balaban J connectivity index is 2.60. The monoisotopic (exact) mass is 510 g/mol. The first-order chi connectivity index (χ1) is 15.6. The average molecular weight is 511 g/mol. The number of alkyl halides is 3. The van der Waals surface area contributed by atoms with Gasteiger partial charge in [0, 0.05) is 33.3 Å². The van der Waals surface area contributed by atoms with Gasteiger partial charge in [-0.25, -0.2) is 23.3 Å². The van der Waals surface area contributed by atoms with Crippen molar-refractivity contribution >= 4 is 23.5 Å². The van der Waals surface area contributed by atoms with Crippen molar-refractivity contribution < 1.29 is 41.7 Å². The number of nitrogens with zero attached hydrogens (tertiary/aromatic N) is 2. The van der Waals surface area contributed by atoms with Gasteiger partial charge >= 0.3 is 23.8 Å². The summed E-state index contributed by atoms with van der Waals surface area (Å²) >= 11 is 5.89. The van der Waals surface area contributed by atoms with E-state index in [2.05, 4.69) is 0 Å². The lowest BCUT2D eigenvalue weighted by Crippen LogP contribution is -2.41. The number of benzene rings is 1. The molecule has 0 aliphatic rings. The molecule has 1 heterocycles. The van der Waals surface area contributed by atoms with Crippen molar-refractivity contribution in [3.05, 3.63) is 61.1 Å². The van der Waals surface area contributed by atoms with Gasteiger partial charge in [0.05, 0.1) is 16.3 Å². The Morgan fingerprint density at radius 1 is 1.18 bits per heavy atom. The molecule has 1 aromatic heterocycles. The maximum Gasteiger partial charge on any atom is 0.431 e. The van der Waals surface area contributed by atoms with Gasteiger partial charge in [-0.3, -0.25) is 9.36 Å². The average Bonchev–Trinajstić information content (AvgIpc) is 2.71. The highest BCUT2D eigenvalue weighted by molar-refractivity contribution is 6.33. The summed E-state index contributed by atoms with van der Waals surface area (Å²) in [5.41, 5.74) is -8.17. The molecule has 0 aliphatic heterocycles. The third kappa shape index (κ3) is 5.47. The molecule has 0 bridgehead atoms. The lowest BCUT2D eigenvalue weighted by Gasteiger charge is -2.25. The number of carboxylic acids is 1. The van der Waals surface area contributed by atoms with Crippen molar-refractivity contribution in [2.75, 3.05) is 13.7 Å². The summed E-state index contributed by atoms with van der Waals surface area (Å²) in [6.45, 7) is 1.28. The molecule has 1 N–H and O–H groups in total. The summed E-state index contributed by atoms with van der Waals surface area (Å²) in [6.07, 6.45) is -5.00. The highest BCUT2D eigenvalue weighted by Gasteiger charge is 2.38. The zero-order valence-corrected chi connectivity index (χ0v) is 18.8. The van der Waals surface area contributed by atoms with Crippen molar-refractivity contribution in [3.63, 3.8) is 0 Å². The van der Waals surface area contributed by atoms with Crippen molar-refractivity contribution in [1.82, 2.24) is 9.13 Å². The lowest BCUT2D eigenvalue weighted by atomic mass is 10.00. The summed E-state index contributed by atoms with van der Waals surface area (Å²) in [7, 11) is 2.11. The summed E-state index contributed by atoms with van der Waals surface area (Å²) in [5, 5.41) is 8.93. The number of carboxylic acid groups (broad SMARTS) is 1. The molecule has 2 rings (SSSR count). The second-order valence-corrected chi connectivity index (χ2v) is 7.76. The van der Waals surface area contributed by atoms with E-state index in [1.165, 1.54) is 7.11 Å². The van der Waals surface area contributed by atoms with E-state index in [-0.39, 0.29) is 34.6 Å². The summed E-state index contributed by atoms with van der Waals surface area (Å²) in [5.74, 6) is -4.13. The molecule has 186 valence electrons. The molecule has 1 atom stereocenters. The number of hydrogen-bond donors (Lipinski definition) is 1. The van der Waals surface area contributed by atoms with Gasteiger partial charge < -0.3 is 14.6 Å². The molecule has 1 unspecified atom stereocenters. The Labute approximate surface area is 194 Å². The molecule has 1 aromatic carbocycles. The van der Waals surface area contributed by atoms with Crippen LogP contribution >= 0.6 is 11.6 Å². The van der Waals surface area contributed by atoms with Gasteiger partial charge in [-0.15, -0.1) is 0 Å². The predicted molar refractivity (Wildman–Crippen MR) is 110 cm³/mol. The number of hydrogen-bond acceptors (Lipinski definition) is 6. The zero-order chi connectivity index (χ0) is 26.0. The largest absolute Gasteiger partial charge is 0.478 e. The number of carbonyl (C=O) groups excluding carboxylic acids is 1. The highest BCUT2D eigenvalue weighted by Crippen LogP contribution is 2.29. The molecular formula is C20H19ClF4N2O7. The standard InChI is InChI=1S/C20H19ClF4N2O7/c1-19(17(30)31,5-4-6-33-3)34-16(29)10-7-13(12(22)8-11(10)21)27-15(28)9-14(20(23,24)25)26(2)18(27)32/h7-9H,4-6H2,1-3H3,(H,30,31). The first-order valence-corrected chi connectivity index (χ1v) is 9.87. The maximum atomic E-state index is 14.6. The Hall–Kier alpha value is -3.19. The molecule has 0 saturated heterocycles. The molecule has 0 amide bonds. The van der Waals surface area contributed by atoms with Gasteiger partial charge in [0.25, 0.3) is 5.56 Å². The molecular weight excluding hydrogens is 492 g/mol. The van der Waals surface area contributed by atoms with E-state index in [0.29, 0.717) is 12.1 Å². The first kappa shape index (κ1) is 27.1. The van der Waals surface area contributed by atoms with Crippen LogP contribution in [-0.2, 0) is 27.5 Å². The van der Waals surface area contributed by atoms with Crippen LogP contribution in [0, 0.1) is 5.82 Å². The van der Waals surface area contributed by atoms with Gasteiger partial charge in [-0.1, -0.05) is 11.6 Å². The number of aromatic nitrogens is 2. The number of ether oxygens (including phenoxy) is 2. The third-order valence-corrected chi connectivity index (χ3v) is 5.19. The van der Waals surface area contributed by atoms with Gasteiger partial charge in [0.1, 0.15) is 11.5 Å². The minimum Gasteiger partial charge on any atom is -0.478 e. The quantitative estimate of drug-likeness (QED) is 0.330. The van der Waals surface area contributed by atoms with Gasteiger partial charge in [-0.2, -0.15) is 13.2 Å². The topological polar surface area (TPSA) is 117 Å². The minimum atomic E-state index is -5.04. The molecule has 0 aliphatic carbocycles. The third-order valence-electron chi connectivity index (χ3n) is 4.88. The van der Waals surface area contributed by atoms with E-state index in [0.717, 1.165) is 14.0 Å². The van der Waals surface area contributed by atoms with Crippen LogP contribution in [0.15, 0.2) is 27.8 Å². The van der Waals surface area contributed by atoms with Crippen LogP contribution in [0.4, 0.5) is 17.6 Å². The van der Waals surface area contributed by atoms with E-state index < -0.39 is 62.7 Å². The Kier molecular flexibility index (Phi) is 7.94. The smallest absolute Gasteiger partial charge is 0.431 e. The van der Waals surface area contributed by atoms with E-state index in [4.69, 9.17) is 21.1 Å². The maximum absolute atomic E-state index is 14.6. The van der Waals surface area contributed by atoms with Gasteiger partial charge in [0.2, 0.25) is 5.60 Å². The van der Waals surface area contributed by atoms with Crippen molar-refractivity contribution in [3.8, 4) is 5.69 Å². The number of aliphatic carboxylic acids is 1. The fraction of sp³-hybridized carbons (Fsp3) is 0.400. The molecule has 9 nitrogen and oxygen atoms in total. The van der Waals surface area contributed by atoms with Crippen molar-refractivity contribution in [1.29, 1.82) is 0 Å². The predicted octanol–water partition coefficient (Wildman–Crippen LogP) is 2.77. The Morgan fingerprint density at radius 2 is 1.79 bits per heavy atom. The van der Waals surface area contributed by atoms with E-state index in [9.17, 15) is 41.8 Å². The SMILES string of the molecule is COCCCC(C)(OC(=O)c1cc(-n2c(=O)cc(C(F)(F)F)n(C)c2=O)c(F)cc1Cl)C(=O)O. The number of methoxy groups -OCH3 is 1. The fourth-order valence-corrected chi connectivity index (χ4v) is 3.23. The van der Waals surface area contributed by atoms with Crippen LogP contribution in [0.25, 0.3) is 5.69 Å². The second kappa shape index (κ2) is 9.97. The van der Waals surface area contributed by atoms with Crippen LogP contribution in [0.5, 0.6) is 0 Å².